The highest BCUT2D eigenvalue weighted by Gasteiger charge is 2.40. The Bertz CT molecular complexity index is 459. The van der Waals surface area contributed by atoms with Gasteiger partial charge in [-0.25, -0.2) is 4.98 Å². The highest BCUT2D eigenvalue weighted by molar-refractivity contribution is 7.11. The maximum atomic E-state index is 9.67. The Balaban J connectivity index is 1.77. The van der Waals surface area contributed by atoms with Crippen molar-refractivity contribution in [3.63, 3.8) is 0 Å². The van der Waals surface area contributed by atoms with E-state index in [1.807, 2.05) is 11.3 Å². The first-order valence-electron chi connectivity index (χ1n) is 7.45. The lowest BCUT2D eigenvalue weighted by Gasteiger charge is -2.34. The molecule has 2 aliphatic carbocycles. The molecule has 1 aromatic rings. The third-order valence-corrected chi connectivity index (χ3v) is 6.03. The largest absolute Gasteiger partial charge is 0.396 e. The Morgan fingerprint density at radius 2 is 2.26 bits per heavy atom. The zero-order valence-electron chi connectivity index (χ0n) is 11.9. The van der Waals surface area contributed by atoms with E-state index in [1.165, 1.54) is 41.3 Å². The number of nitrogens with one attached hydrogen (secondary N) is 1. The quantitative estimate of drug-likeness (QED) is 0.894. The second kappa shape index (κ2) is 5.15. The topological polar surface area (TPSA) is 45.2 Å². The monoisotopic (exact) mass is 280 g/mol. The minimum atomic E-state index is 0.0668. The van der Waals surface area contributed by atoms with Crippen molar-refractivity contribution in [1.29, 1.82) is 0 Å². The Morgan fingerprint density at radius 3 is 3.05 bits per heavy atom. The standard InChI is InChI=1S/C15H24N2OS/c1-10-16-11-5-3-6-12(14(11)19-10)17-13-7-4-8-15(13,2)9-18/h12-13,17-18H,3-9H2,1-2H3. The molecule has 3 rings (SSSR count). The first-order valence-corrected chi connectivity index (χ1v) is 8.27. The molecule has 1 saturated carbocycles. The molecule has 3 nitrogen and oxygen atoms in total. The molecular weight excluding hydrogens is 256 g/mol. The van der Waals surface area contributed by atoms with Crippen molar-refractivity contribution in [3.05, 3.63) is 15.6 Å². The van der Waals surface area contributed by atoms with Crippen LogP contribution < -0.4 is 5.32 Å². The predicted octanol–water partition coefficient (Wildman–Crippen LogP) is 2.97. The number of hydrogen-bond acceptors (Lipinski definition) is 4. The molecular formula is C15H24N2OS. The molecule has 0 aliphatic heterocycles. The molecule has 1 fully saturated rings. The third kappa shape index (κ3) is 2.46. The number of aromatic nitrogens is 1. The minimum absolute atomic E-state index is 0.0668. The van der Waals surface area contributed by atoms with Gasteiger partial charge in [0.1, 0.15) is 0 Å². The first-order chi connectivity index (χ1) is 9.12. The van der Waals surface area contributed by atoms with Crippen molar-refractivity contribution >= 4 is 11.3 Å². The van der Waals surface area contributed by atoms with Crippen LogP contribution in [0.1, 0.15) is 60.6 Å². The van der Waals surface area contributed by atoms with Gasteiger partial charge < -0.3 is 10.4 Å². The maximum Gasteiger partial charge on any atom is 0.0900 e. The van der Waals surface area contributed by atoms with Crippen LogP contribution in [0.15, 0.2) is 0 Å². The van der Waals surface area contributed by atoms with E-state index >= 15 is 0 Å². The number of aliphatic hydroxyl groups is 1. The predicted molar refractivity (Wildman–Crippen MR) is 78.5 cm³/mol. The van der Waals surface area contributed by atoms with Crippen molar-refractivity contribution in [1.82, 2.24) is 10.3 Å². The number of fused-ring (bicyclic) bond motifs is 1. The minimum Gasteiger partial charge on any atom is -0.396 e. The van der Waals surface area contributed by atoms with Crippen LogP contribution in [-0.2, 0) is 6.42 Å². The Kier molecular flexibility index (Phi) is 3.67. The number of nitrogens with zero attached hydrogens (tertiary/aromatic N) is 1. The molecule has 0 aromatic carbocycles. The van der Waals surface area contributed by atoms with Crippen LogP contribution in [0.2, 0.25) is 0 Å². The van der Waals surface area contributed by atoms with E-state index in [0.29, 0.717) is 18.7 Å². The summed E-state index contributed by atoms with van der Waals surface area (Å²) >= 11 is 1.85. The lowest BCUT2D eigenvalue weighted by atomic mass is 9.84. The van der Waals surface area contributed by atoms with E-state index in [2.05, 4.69) is 24.1 Å². The molecule has 19 heavy (non-hydrogen) atoms. The average Bonchev–Trinajstić information content (AvgIpc) is 2.94. The van der Waals surface area contributed by atoms with Gasteiger partial charge in [-0.05, 0) is 39.0 Å². The molecule has 106 valence electrons. The highest BCUT2D eigenvalue weighted by Crippen LogP contribution is 2.41. The smallest absolute Gasteiger partial charge is 0.0900 e. The Labute approximate surface area is 119 Å². The maximum absolute atomic E-state index is 9.67. The van der Waals surface area contributed by atoms with Crippen molar-refractivity contribution < 1.29 is 5.11 Å². The molecule has 4 heteroatoms. The summed E-state index contributed by atoms with van der Waals surface area (Å²) in [6, 6.07) is 0.916. The van der Waals surface area contributed by atoms with E-state index in [-0.39, 0.29) is 5.41 Å². The highest BCUT2D eigenvalue weighted by atomic mass is 32.1. The SMILES string of the molecule is Cc1nc2c(s1)C(NC1CCCC1(C)CO)CCC2. The fraction of sp³-hybridized carbons (Fsp3) is 0.800. The van der Waals surface area contributed by atoms with Gasteiger partial charge in [0, 0.05) is 29.0 Å². The fourth-order valence-corrected chi connectivity index (χ4v) is 4.72. The molecule has 2 N–H and O–H groups in total. The van der Waals surface area contributed by atoms with Gasteiger partial charge in [0.15, 0.2) is 0 Å². The third-order valence-electron chi connectivity index (χ3n) is 4.90. The summed E-state index contributed by atoms with van der Waals surface area (Å²) in [6.45, 7) is 4.62. The van der Waals surface area contributed by atoms with Crippen LogP contribution >= 0.6 is 11.3 Å². The molecule has 3 unspecified atom stereocenters. The number of rotatable bonds is 3. The second-order valence-corrected chi connectivity index (χ2v) is 7.65. The van der Waals surface area contributed by atoms with Crippen LogP contribution in [0.3, 0.4) is 0 Å². The van der Waals surface area contributed by atoms with E-state index in [1.54, 1.807) is 0 Å². The molecule has 0 amide bonds. The van der Waals surface area contributed by atoms with E-state index in [0.717, 1.165) is 12.8 Å². The number of hydrogen-bond donors (Lipinski definition) is 2. The summed E-state index contributed by atoms with van der Waals surface area (Å²) in [5, 5.41) is 14.7. The lowest BCUT2D eigenvalue weighted by molar-refractivity contribution is 0.112. The van der Waals surface area contributed by atoms with Crippen molar-refractivity contribution in [2.45, 2.75) is 64.5 Å². The molecule has 0 spiro atoms. The summed E-state index contributed by atoms with van der Waals surface area (Å²) < 4.78 is 0. The number of thiazole rings is 1. The van der Waals surface area contributed by atoms with Crippen LogP contribution in [0.25, 0.3) is 0 Å². The van der Waals surface area contributed by atoms with Gasteiger partial charge in [-0.3, -0.25) is 0 Å². The van der Waals surface area contributed by atoms with Gasteiger partial charge >= 0.3 is 0 Å². The average molecular weight is 280 g/mol. The molecule has 0 bridgehead atoms. The molecule has 2 aliphatic rings. The normalized spacial score (nSPS) is 34.5. The summed E-state index contributed by atoms with van der Waals surface area (Å²) in [7, 11) is 0. The molecule has 1 heterocycles. The summed E-state index contributed by atoms with van der Waals surface area (Å²) in [5.41, 5.74) is 1.38. The summed E-state index contributed by atoms with van der Waals surface area (Å²) in [5.74, 6) is 0. The molecule has 0 radical (unpaired) electrons. The van der Waals surface area contributed by atoms with Crippen LogP contribution in [0.4, 0.5) is 0 Å². The van der Waals surface area contributed by atoms with Crippen LogP contribution in [0.5, 0.6) is 0 Å². The van der Waals surface area contributed by atoms with E-state index in [9.17, 15) is 5.11 Å². The summed E-state index contributed by atoms with van der Waals surface area (Å²) in [4.78, 5) is 6.12. The van der Waals surface area contributed by atoms with Gasteiger partial charge in [-0.15, -0.1) is 11.3 Å². The van der Waals surface area contributed by atoms with Gasteiger partial charge in [0.05, 0.1) is 10.7 Å². The second-order valence-electron chi connectivity index (χ2n) is 6.41. The Morgan fingerprint density at radius 1 is 1.42 bits per heavy atom. The summed E-state index contributed by atoms with van der Waals surface area (Å²) in [6.07, 6.45) is 7.15. The van der Waals surface area contributed by atoms with Crippen molar-refractivity contribution in [3.8, 4) is 0 Å². The number of aryl methyl sites for hydroxylation is 2. The van der Waals surface area contributed by atoms with Gasteiger partial charge in [-0.2, -0.15) is 0 Å². The van der Waals surface area contributed by atoms with Crippen molar-refractivity contribution in [2.24, 2.45) is 5.41 Å². The molecule has 0 saturated heterocycles. The van der Waals surface area contributed by atoms with Gasteiger partial charge in [0.2, 0.25) is 0 Å². The van der Waals surface area contributed by atoms with Gasteiger partial charge in [0.25, 0.3) is 0 Å². The zero-order valence-corrected chi connectivity index (χ0v) is 12.7. The van der Waals surface area contributed by atoms with Crippen LogP contribution in [0, 0.1) is 12.3 Å². The van der Waals surface area contributed by atoms with E-state index in [4.69, 9.17) is 0 Å². The number of aliphatic hydroxyl groups excluding tert-OH is 1. The fourth-order valence-electron chi connectivity index (χ4n) is 3.65. The van der Waals surface area contributed by atoms with E-state index < -0.39 is 0 Å². The molecule has 1 aromatic heterocycles. The Hall–Kier alpha value is -0.450. The zero-order chi connectivity index (χ0) is 13.5. The van der Waals surface area contributed by atoms with Crippen molar-refractivity contribution in [2.75, 3.05) is 6.61 Å². The van der Waals surface area contributed by atoms with Crippen LogP contribution in [-0.4, -0.2) is 22.7 Å². The molecule has 3 atom stereocenters. The van der Waals surface area contributed by atoms with Gasteiger partial charge in [-0.1, -0.05) is 13.3 Å². The first kappa shape index (κ1) is 13.5. The lowest BCUT2D eigenvalue weighted by Crippen LogP contribution is -2.44.